The van der Waals surface area contributed by atoms with E-state index in [0.29, 0.717) is 12.8 Å². The summed E-state index contributed by atoms with van der Waals surface area (Å²) in [5, 5.41) is 12.5. The van der Waals surface area contributed by atoms with Crippen LogP contribution in [-0.2, 0) is 4.74 Å². The number of thiocarbonyl (C=S) groups is 1. The van der Waals surface area contributed by atoms with Crippen LogP contribution in [0.5, 0.6) is 5.75 Å². The maximum absolute atomic E-state index is 14.4. The number of aliphatic imine (C=N–C) groups is 1. The van der Waals surface area contributed by atoms with Crippen LogP contribution in [0.25, 0.3) is 11.1 Å². The van der Waals surface area contributed by atoms with Gasteiger partial charge in [0.1, 0.15) is 11.6 Å². The molecule has 130 valence electrons. The van der Waals surface area contributed by atoms with Crippen LogP contribution in [0.1, 0.15) is 24.7 Å². The van der Waals surface area contributed by atoms with Crippen molar-refractivity contribution in [3.63, 3.8) is 0 Å². The maximum atomic E-state index is 14.4. The van der Waals surface area contributed by atoms with E-state index >= 15 is 0 Å². The van der Waals surface area contributed by atoms with Crippen LogP contribution >= 0.6 is 12.2 Å². The predicted molar refractivity (Wildman–Crippen MR) is 96.3 cm³/mol. The summed E-state index contributed by atoms with van der Waals surface area (Å²) < 4.78 is 25.0. The monoisotopic (exact) mass is 359 g/mol. The minimum atomic E-state index is -1.30. The van der Waals surface area contributed by atoms with Crippen molar-refractivity contribution in [3.05, 3.63) is 53.8 Å². The zero-order valence-corrected chi connectivity index (χ0v) is 14.5. The molecule has 1 aliphatic carbocycles. The average molecular weight is 359 g/mol. The molecule has 0 bridgehead atoms. The number of hydrogen-bond acceptors (Lipinski definition) is 5. The Labute approximate surface area is 150 Å². The molecule has 1 aliphatic rings. The predicted octanol–water partition coefficient (Wildman–Crippen LogP) is 4.14. The van der Waals surface area contributed by atoms with E-state index in [-0.39, 0.29) is 17.7 Å². The van der Waals surface area contributed by atoms with E-state index in [4.69, 9.17) is 9.47 Å². The van der Waals surface area contributed by atoms with Crippen molar-refractivity contribution in [2.24, 2.45) is 4.99 Å². The summed E-state index contributed by atoms with van der Waals surface area (Å²) in [4.78, 5) is 3.96. The first-order valence-corrected chi connectivity index (χ1v) is 8.36. The second-order valence-electron chi connectivity index (χ2n) is 5.92. The molecule has 0 aromatic heterocycles. The highest BCUT2D eigenvalue weighted by Crippen LogP contribution is 2.32. The number of aliphatic hydroxyl groups is 1. The van der Waals surface area contributed by atoms with Gasteiger partial charge in [0.05, 0.1) is 24.4 Å². The van der Waals surface area contributed by atoms with Crippen LogP contribution in [0.15, 0.2) is 47.5 Å². The summed E-state index contributed by atoms with van der Waals surface area (Å²) in [5.41, 5.74) is 1.70. The lowest BCUT2D eigenvalue weighted by molar-refractivity contribution is -0.164. The summed E-state index contributed by atoms with van der Waals surface area (Å²) in [6.45, 7) is 0. The van der Waals surface area contributed by atoms with Crippen molar-refractivity contribution < 1.29 is 19.0 Å². The third-order valence-electron chi connectivity index (χ3n) is 4.32. The third kappa shape index (κ3) is 4.11. The van der Waals surface area contributed by atoms with E-state index in [1.807, 2.05) is 24.3 Å². The normalized spacial score (nSPS) is 20.3. The standard InChI is InChI=1S/C19H18FNO3S/c1-23-15-5-2-12(3-6-15)13-4-7-17(18(20)8-13)19(22)24-16-9-14(10-16)21-11-25/h2-8,14,16,19,22H,9-10H2,1H3. The Morgan fingerprint density at radius 3 is 2.48 bits per heavy atom. The number of isothiocyanates is 1. The highest BCUT2D eigenvalue weighted by molar-refractivity contribution is 7.78. The summed E-state index contributed by atoms with van der Waals surface area (Å²) in [5.74, 6) is 0.232. The van der Waals surface area contributed by atoms with E-state index in [0.717, 1.165) is 16.9 Å². The SMILES string of the molecule is COc1ccc(-c2ccc(C(O)OC3CC(N=C=S)C3)c(F)c2)cc1. The Hall–Kier alpha value is -2.11. The molecule has 25 heavy (non-hydrogen) atoms. The molecular weight excluding hydrogens is 341 g/mol. The number of halogens is 1. The first kappa shape index (κ1) is 17.7. The summed E-state index contributed by atoms with van der Waals surface area (Å²) in [6.07, 6.45) is -0.126. The lowest BCUT2D eigenvalue weighted by atomic mass is 9.90. The minimum absolute atomic E-state index is 0.0944. The minimum Gasteiger partial charge on any atom is -0.497 e. The van der Waals surface area contributed by atoms with Gasteiger partial charge in [-0.2, -0.15) is 0 Å². The highest BCUT2D eigenvalue weighted by atomic mass is 32.1. The lowest BCUT2D eigenvalue weighted by Crippen LogP contribution is -2.35. The Morgan fingerprint density at radius 2 is 1.88 bits per heavy atom. The lowest BCUT2D eigenvalue weighted by Gasteiger charge is -2.33. The number of hydrogen-bond donors (Lipinski definition) is 1. The summed E-state index contributed by atoms with van der Waals surface area (Å²) in [6, 6.07) is 12.1. The molecule has 0 saturated heterocycles. The van der Waals surface area contributed by atoms with E-state index in [1.54, 1.807) is 19.2 Å². The largest absolute Gasteiger partial charge is 0.497 e. The molecule has 1 unspecified atom stereocenters. The fourth-order valence-electron chi connectivity index (χ4n) is 2.77. The molecule has 0 heterocycles. The van der Waals surface area contributed by atoms with Crippen molar-refractivity contribution in [1.29, 1.82) is 0 Å². The van der Waals surface area contributed by atoms with Crippen LogP contribution < -0.4 is 4.74 Å². The average Bonchev–Trinajstić information content (AvgIpc) is 2.59. The molecule has 1 N–H and O–H groups in total. The number of nitrogens with zero attached hydrogens (tertiary/aromatic N) is 1. The first-order valence-electron chi connectivity index (χ1n) is 7.95. The molecular formula is C19H18FNO3S. The number of aliphatic hydroxyl groups excluding tert-OH is 1. The Kier molecular flexibility index (Phi) is 5.56. The van der Waals surface area contributed by atoms with E-state index in [2.05, 4.69) is 22.4 Å². The van der Waals surface area contributed by atoms with Crippen molar-refractivity contribution in [1.82, 2.24) is 0 Å². The summed E-state index contributed by atoms with van der Waals surface area (Å²) in [7, 11) is 1.59. The summed E-state index contributed by atoms with van der Waals surface area (Å²) >= 11 is 4.55. The number of benzene rings is 2. The van der Waals surface area contributed by atoms with Gasteiger partial charge in [-0.25, -0.2) is 9.38 Å². The molecule has 4 nitrogen and oxygen atoms in total. The van der Waals surface area contributed by atoms with E-state index < -0.39 is 12.1 Å². The van der Waals surface area contributed by atoms with Crippen molar-refractivity contribution in [2.75, 3.05) is 7.11 Å². The Balaban J connectivity index is 1.67. The molecule has 0 radical (unpaired) electrons. The van der Waals surface area contributed by atoms with Crippen LogP contribution in [0.4, 0.5) is 4.39 Å². The maximum Gasteiger partial charge on any atom is 0.184 e. The second-order valence-corrected chi connectivity index (χ2v) is 6.10. The third-order valence-corrected chi connectivity index (χ3v) is 4.42. The van der Waals surface area contributed by atoms with Gasteiger partial charge in [-0.3, -0.25) is 0 Å². The number of ether oxygens (including phenoxy) is 2. The van der Waals surface area contributed by atoms with Crippen molar-refractivity contribution in [2.45, 2.75) is 31.3 Å². The van der Waals surface area contributed by atoms with Crippen LogP contribution in [-0.4, -0.2) is 29.5 Å². The molecule has 1 atom stereocenters. The topological polar surface area (TPSA) is 51.0 Å². The van der Waals surface area contributed by atoms with Crippen molar-refractivity contribution in [3.8, 4) is 16.9 Å². The Morgan fingerprint density at radius 1 is 1.20 bits per heavy atom. The molecule has 2 aromatic carbocycles. The molecule has 2 aromatic rings. The fourth-order valence-corrected chi connectivity index (χ4v) is 2.92. The number of rotatable bonds is 6. The zero-order valence-electron chi connectivity index (χ0n) is 13.7. The van der Waals surface area contributed by atoms with Gasteiger partial charge in [0.2, 0.25) is 0 Å². The molecule has 3 rings (SSSR count). The zero-order chi connectivity index (χ0) is 17.8. The van der Waals surface area contributed by atoms with Crippen LogP contribution in [0, 0.1) is 5.82 Å². The van der Waals surface area contributed by atoms with Crippen LogP contribution in [0.2, 0.25) is 0 Å². The smallest absolute Gasteiger partial charge is 0.184 e. The van der Waals surface area contributed by atoms with Crippen molar-refractivity contribution >= 4 is 17.4 Å². The van der Waals surface area contributed by atoms with Gasteiger partial charge in [-0.1, -0.05) is 24.3 Å². The highest BCUT2D eigenvalue weighted by Gasteiger charge is 2.32. The van der Waals surface area contributed by atoms with Gasteiger partial charge in [-0.15, -0.1) is 0 Å². The molecule has 1 fully saturated rings. The van der Waals surface area contributed by atoms with Gasteiger partial charge < -0.3 is 14.6 Å². The second kappa shape index (κ2) is 7.85. The van der Waals surface area contributed by atoms with Gasteiger partial charge in [-0.05, 0) is 54.4 Å². The molecule has 1 saturated carbocycles. The van der Waals surface area contributed by atoms with Gasteiger partial charge in [0, 0.05) is 5.56 Å². The molecule has 0 aliphatic heterocycles. The van der Waals surface area contributed by atoms with E-state index in [9.17, 15) is 9.50 Å². The molecule has 6 heteroatoms. The fraction of sp³-hybridized carbons (Fsp3) is 0.316. The molecule has 0 amide bonds. The van der Waals surface area contributed by atoms with Gasteiger partial charge in [0.15, 0.2) is 6.29 Å². The van der Waals surface area contributed by atoms with Gasteiger partial charge >= 0.3 is 0 Å². The van der Waals surface area contributed by atoms with Gasteiger partial charge in [0.25, 0.3) is 0 Å². The first-order chi connectivity index (χ1) is 12.1. The Bertz CT molecular complexity index is 784. The van der Waals surface area contributed by atoms with E-state index in [1.165, 1.54) is 6.07 Å². The molecule has 0 spiro atoms. The number of methoxy groups -OCH3 is 1. The van der Waals surface area contributed by atoms with Crippen LogP contribution in [0.3, 0.4) is 0 Å². The quantitative estimate of drug-likeness (QED) is 0.478.